The molecular formula is C17H24N4O5. The molecule has 1 saturated carbocycles. The van der Waals surface area contributed by atoms with Crippen LogP contribution in [-0.2, 0) is 4.74 Å². The topological polar surface area (TPSA) is 105 Å². The molecule has 1 aromatic rings. The summed E-state index contributed by atoms with van der Waals surface area (Å²) in [4.78, 5) is 53.9. The van der Waals surface area contributed by atoms with E-state index in [9.17, 15) is 19.2 Å². The summed E-state index contributed by atoms with van der Waals surface area (Å²) in [6.45, 7) is 3.28. The largest absolute Gasteiger partial charge is 0.462 e. The van der Waals surface area contributed by atoms with E-state index in [1.165, 1.54) is 10.8 Å². The van der Waals surface area contributed by atoms with Gasteiger partial charge in [-0.2, -0.15) is 0 Å². The van der Waals surface area contributed by atoms with E-state index in [0.29, 0.717) is 12.8 Å². The molecule has 0 atom stereocenters. The Morgan fingerprint density at radius 1 is 1.15 bits per heavy atom. The molecule has 9 nitrogen and oxygen atoms in total. The van der Waals surface area contributed by atoms with Crippen LogP contribution >= 0.6 is 0 Å². The highest BCUT2D eigenvalue weighted by atomic mass is 16.5. The molecule has 142 valence electrons. The number of hydrogen-bond acceptors (Lipinski definition) is 5. The van der Waals surface area contributed by atoms with E-state index >= 15 is 0 Å². The molecule has 2 aliphatic rings. The maximum Gasteiger partial charge on any atom is 0.345 e. The third-order valence-corrected chi connectivity index (χ3v) is 5.21. The first-order chi connectivity index (χ1) is 12.4. The van der Waals surface area contributed by atoms with Gasteiger partial charge in [-0.15, -0.1) is 0 Å². The van der Waals surface area contributed by atoms with Crippen LogP contribution in [-0.4, -0.2) is 64.1 Å². The Morgan fingerprint density at radius 3 is 2.38 bits per heavy atom. The lowest BCUT2D eigenvalue weighted by atomic mass is 9.90. The lowest BCUT2D eigenvalue weighted by Crippen LogP contribution is -2.42. The van der Waals surface area contributed by atoms with E-state index in [1.54, 1.807) is 18.9 Å². The minimum Gasteiger partial charge on any atom is -0.462 e. The first-order valence-electron chi connectivity index (χ1n) is 8.96. The molecule has 1 aliphatic carbocycles. The summed E-state index contributed by atoms with van der Waals surface area (Å²) in [7, 11) is 1.80. The predicted octanol–water partition coefficient (Wildman–Crippen LogP) is 0.564. The van der Waals surface area contributed by atoms with E-state index in [0.717, 1.165) is 25.9 Å². The lowest BCUT2D eigenvalue weighted by molar-refractivity contribution is 0.0522. The van der Waals surface area contributed by atoms with Crippen LogP contribution in [0.25, 0.3) is 0 Å². The van der Waals surface area contributed by atoms with Crippen molar-refractivity contribution < 1.29 is 14.3 Å². The molecule has 3 rings (SSSR count). The van der Waals surface area contributed by atoms with Crippen molar-refractivity contribution in [3.63, 3.8) is 0 Å². The number of rotatable bonds is 4. The van der Waals surface area contributed by atoms with Crippen LogP contribution in [0.15, 0.2) is 15.8 Å². The summed E-state index contributed by atoms with van der Waals surface area (Å²) >= 11 is 0. The maximum atomic E-state index is 12.2. The van der Waals surface area contributed by atoms with Gasteiger partial charge in [0.05, 0.1) is 6.61 Å². The van der Waals surface area contributed by atoms with Crippen molar-refractivity contribution in [2.45, 2.75) is 44.7 Å². The fourth-order valence-electron chi connectivity index (χ4n) is 3.77. The molecule has 0 radical (unpaired) electrons. The number of aromatic nitrogens is 2. The van der Waals surface area contributed by atoms with Crippen molar-refractivity contribution in [2.75, 3.05) is 26.7 Å². The molecular weight excluding hydrogens is 340 g/mol. The van der Waals surface area contributed by atoms with Crippen molar-refractivity contribution in [1.29, 1.82) is 0 Å². The van der Waals surface area contributed by atoms with Gasteiger partial charge in [0.25, 0.3) is 5.56 Å². The summed E-state index contributed by atoms with van der Waals surface area (Å²) in [5.74, 6) is -0.734. The van der Waals surface area contributed by atoms with Crippen molar-refractivity contribution in [3.05, 3.63) is 32.6 Å². The van der Waals surface area contributed by atoms with Crippen LogP contribution in [0.3, 0.4) is 0 Å². The predicted molar refractivity (Wildman–Crippen MR) is 93.3 cm³/mol. The number of esters is 1. The molecule has 9 heteroatoms. The fraction of sp³-hybridized carbons (Fsp3) is 0.647. The van der Waals surface area contributed by atoms with Gasteiger partial charge in [-0.05, 0) is 32.6 Å². The number of carbonyl (C=O) groups is 2. The highest BCUT2D eigenvalue weighted by Crippen LogP contribution is 2.31. The van der Waals surface area contributed by atoms with Gasteiger partial charge in [0.1, 0.15) is 5.56 Å². The molecule has 2 heterocycles. The van der Waals surface area contributed by atoms with E-state index in [1.807, 2.05) is 4.90 Å². The summed E-state index contributed by atoms with van der Waals surface area (Å²) in [6, 6.07) is 0.116. The zero-order chi connectivity index (χ0) is 18.8. The molecule has 1 aliphatic heterocycles. The molecule has 1 N–H and O–H groups in total. The Bertz CT molecular complexity index is 806. The van der Waals surface area contributed by atoms with Crippen molar-refractivity contribution in [3.8, 4) is 0 Å². The van der Waals surface area contributed by atoms with E-state index in [2.05, 4.69) is 4.98 Å². The molecule has 0 aromatic carbocycles. The van der Waals surface area contributed by atoms with Gasteiger partial charge in [-0.3, -0.25) is 14.3 Å². The Balaban J connectivity index is 1.74. The second-order valence-electron chi connectivity index (χ2n) is 6.79. The Morgan fingerprint density at radius 2 is 1.81 bits per heavy atom. The van der Waals surface area contributed by atoms with Crippen molar-refractivity contribution in [1.82, 2.24) is 19.4 Å². The molecule has 0 spiro atoms. The standard InChI is InChI=1S/C17H24N4O5/c1-3-26-15(23)13-10-21(16(24)18-14(13)22)12-6-4-11(5-7-12)20-9-8-19(2)17(20)25/h10-12H,3-9H2,1-2H3,(H,18,22,24)/t11-,12-. The van der Waals surface area contributed by atoms with Gasteiger partial charge in [-0.1, -0.05) is 0 Å². The van der Waals surface area contributed by atoms with Gasteiger partial charge in [-0.25, -0.2) is 14.4 Å². The van der Waals surface area contributed by atoms with Crippen LogP contribution in [0.2, 0.25) is 0 Å². The van der Waals surface area contributed by atoms with Crippen LogP contribution in [0.4, 0.5) is 4.79 Å². The number of hydrogen-bond donors (Lipinski definition) is 1. The average Bonchev–Trinajstić information content (AvgIpc) is 2.95. The summed E-state index contributed by atoms with van der Waals surface area (Å²) in [6.07, 6.45) is 4.27. The normalized spacial score (nSPS) is 23.4. The highest BCUT2D eigenvalue weighted by Gasteiger charge is 2.34. The van der Waals surface area contributed by atoms with Gasteiger partial charge in [0.15, 0.2) is 0 Å². The number of carbonyl (C=O) groups excluding carboxylic acids is 2. The quantitative estimate of drug-likeness (QED) is 0.786. The maximum absolute atomic E-state index is 12.2. The second kappa shape index (κ2) is 7.35. The monoisotopic (exact) mass is 364 g/mol. The van der Waals surface area contributed by atoms with Gasteiger partial charge >= 0.3 is 17.7 Å². The molecule has 0 bridgehead atoms. The minimum atomic E-state index is -0.734. The number of nitrogens with one attached hydrogen (secondary N) is 1. The summed E-state index contributed by atoms with van der Waals surface area (Å²) in [5.41, 5.74) is -1.42. The number of aromatic amines is 1. The molecule has 0 unspecified atom stereocenters. The zero-order valence-corrected chi connectivity index (χ0v) is 15.1. The molecule has 1 aromatic heterocycles. The van der Waals surface area contributed by atoms with E-state index < -0.39 is 17.2 Å². The lowest BCUT2D eigenvalue weighted by Gasteiger charge is -2.34. The fourth-order valence-corrected chi connectivity index (χ4v) is 3.77. The SMILES string of the molecule is CCOC(=O)c1cn([C@H]2CC[C@H](N3CCN(C)C3=O)CC2)c(=O)[nH]c1=O. The first-order valence-corrected chi connectivity index (χ1v) is 8.96. The number of nitrogens with zero attached hydrogens (tertiary/aromatic N) is 3. The number of amides is 2. The molecule has 1 saturated heterocycles. The van der Waals surface area contributed by atoms with Crippen LogP contribution in [0.5, 0.6) is 0 Å². The number of ether oxygens (including phenoxy) is 1. The zero-order valence-electron chi connectivity index (χ0n) is 15.1. The third-order valence-electron chi connectivity index (χ3n) is 5.21. The Kier molecular flexibility index (Phi) is 5.15. The number of urea groups is 1. The smallest absolute Gasteiger partial charge is 0.345 e. The Labute approximate surface area is 150 Å². The molecule has 2 fully saturated rings. The molecule has 2 amide bonds. The summed E-state index contributed by atoms with van der Waals surface area (Å²) < 4.78 is 6.29. The van der Waals surface area contributed by atoms with Gasteiger partial charge in [0, 0.05) is 38.4 Å². The average molecular weight is 364 g/mol. The van der Waals surface area contributed by atoms with Gasteiger partial charge in [0.2, 0.25) is 0 Å². The van der Waals surface area contributed by atoms with Crippen LogP contribution in [0.1, 0.15) is 49.0 Å². The minimum absolute atomic E-state index is 0.0549. The van der Waals surface area contributed by atoms with Crippen LogP contribution < -0.4 is 11.2 Å². The van der Waals surface area contributed by atoms with Gasteiger partial charge < -0.3 is 14.5 Å². The van der Waals surface area contributed by atoms with Crippen molar-refractivity contribution >= 4 is 12.0 Å². The Hall–Kier alpha value is -2.58. The summed E-state index contributed by atoms with van der Waals surface area (Å²) in [5, 5.41) is 0. The van der Waals surface area contributed by atoms with Crippen molar-refractivity contribution in [2.24, 2.45) is 0 Å². The third kappa shape index (κ3) is 3.38. The highest BCUT2D eigenvalue weighted by molar-refractivity contribution is 5.88. The van der Waals surface area contributed by atoms with E-state index in [-0.39, 0.29) is 30.3 Å². The van der Waals surface area contributed by atoms with Crippen LogP contribution in [0, 0.1) is 0 Å². The first kappa shape index (κ1) is 18.2. The van der Waals surface area contributed by atoms with E-state index in [4.69, 9.17) is 4.74 Å². The second-order valence-corrected chi connectivity index (χ2v) is 6.79. The number of H-pyrrole nitrogens is 1. The number of likely N-dealkylation sites (N-methyl/N-ethyl adjacent to an activating group) is 1. The molecule has 26 heavy (non-hydrogen) atoms.